The number of amides is 1. The molecule has 1 N–H and O–H groups in total. The van der Waals surface area contributed by atoms with Crippen molar-refractivity contribution in [3.8, 4) is 0 Å². The fourth-order valence-electron chi connectivity index (χ4n) is 2.56. The number of likely N-dealkylation sites (N-methyl/N-ethyl adjacent to an activating group) is 1. The molecule has 1 aliphatic carbocycles. The van der Waals surface area contributed by atoms with Crippen molar-refractivity contribution in [3.05, 3.63) is 24.0 Å². The summed E-state index contributed by atoms with van der Waals surface area (Å²) >= 11 is 0. The largest absolute Gasteiger partial charge is 0.345 e. The molecular formula is C15H25N3O. The van der Waals surface area contributed by atoms with Crippen LogP contribution in [-0.4, -0.2) is 35.5 Å². The minimum Gasteiger partial charge on any atom is -0.345 e. The van der Waals surface area contributed by atoms with Gasteiger partial charge in [0, 0.05) is 31.5 Å². The zero-order valence-corrected chi connectivity index (χ0v) is 12.4. The van der Waals surface area contributed by atoms with Crippen LogP contribution in [0.15, 0.2) is 18.5 Å². The molecule has 0 bridgehead atoms. The molecule has 1 fully saturated rings. The smallest absolute Gasteiger partial charge is 0.242 e. The number of nitrogens with zero attached hydrogens (tertiary/aromatic N) is 2. The molecule has 1 unspecified atom stereocenters. The Bertz CT molecular complexity index is 434. The van der Waals surface area contributed by atoms with Gasteiger partial charge in [0.25, 0.3) is 0 Å². The average molecular weight is 263 g/mol. The maximum Gasteiger partial charge on any atom is 0.242 e. The zero-order valence-electron chi connectivity index (χ0n) is 12.4. The molecule has 106 valence electrons. The Hall–Kier alpha value is -1.29. The predicted octanol–water partition coefficient (Wildman–Crippen LogP) is 2.03. The van der Waals surface area contributed by atoms with Crippen LogP contribution in [0.2, 0.25) is 0 Å². The average Bonchev–Trinajstić information content (AvgIpc) is 3.11. The van der Waals surface area contributed by atoms with Crippen LogP contribution in [0, 0.1) is 5.92 Å². The van der Waals surface area contributed by atoms with Crippen LogP contribution >= 0.6 is 0 Å². The van der Waals surface area contributed by atoms with Gasteiger partial charge in [0.05, 0.1) is 0 Å². The predicted molar refractivity (Wildman–Crippen MR) is 76.9 cm³/mol. The quantitative estimate of drug-likeness (QED) is 0.852. The number of rotatable bonds is 6. The molecule has 19 heavy (non-hydrogen) atoms. The third-order valence-electron chi connectivity index (χ3n) is 3.92. The van der Waals surface area contributed by atoms with Crippen molar-refractivity contribution < 1.29 is 4.79 Å². The Kier molecular flexibility index (Phi) is 4.30. The highest BCUT2D eigenvalue weighted by molar-refractivity contribution is 5.76. The summed E-state index contributed by atoms with van der Waals surface area (Å²) < 4.78 is 1.99. The Morgan fingerprint density at radius 3 is 2.74 bits per heavy atom. The van der Waals surface area contributed by atoms with E-state index in [4.69, 9.17) is 0 Å². The molecule has 4 heteroatoms. The van der Waals surface area contributed by atoms with Gasteiger partial charge in [-0.25, -0.2) is 0 Å². The lowest BCUT2D eigenvalue weighted by molar-refractivity contribution is -0.131. The van der Waals surface area contributed by atoms with E-state index in [1.807, 2.05) is 29.8 Å². The summed E-state index contributed by atoms with van der Waals surface area (Å²) in [4.78, 5) is 14.0. The second-order valence-corrected chi connectivity index (χ2v) is 5.86. The second-order valence-electron chi connectivity index (χ2n) is 5.86. The number of aromatic nitrogens is 1. The molecule has 1 amide bonds. The van der Waals surface area contributed by atoms with Crippen LogP contribution in [0.3, 0.4) is 0 Å². The van der Waals surface area contributed by atoms with Crippen molar-refractivity contribution in [1.29, 1.82) is 0 Å². The molecule has 4 nitrogen and oxygen atoms in total. The first-order chi connectivity index (χ1) is 9.02. The van der Waals surface area contributed by atoms with Gasteiger partial charge in [0.1, 0.15) is 6.54 Å². The summed E-state index contributed by atoms with van der Waals surface area (Å²) in [7, 11) is 3.89. The standard InChI is InChI=1S/C15H25N3O/c1-11(2)15(16-3)12-7-8-18(9-12)10-14(19)17(4)13-5-6-13/h7-9,11,13,15-16H,5-6,10H2,1-4H3. The van der Waals surface area contributed by atoms with Crippen molar-refractivity contribution in [3.63, 3.8) is 0 Å². The molecule has 2 rings (SSSR count). The van der Waals surface area contributed by atoms with E-state index in [9.17, 15) is 4.79 Å². The molecule has 1 saturated carbocycles. The highest BCUT2D eigenvalue weighted by Crippen LogP contribution is 2.26. The first kappa shape index (κ1) is 14.1. The number of nitrogens with one attached hydrogen (secondary N) is 1. The highest BCUT2D eigenvalue weighted by Gasteiger charge is 2.29. The fraction of sp³-hybridized carbons (Fsp3) is 0.667. The topological polar surface area (TPSA) is 37.3 Å². The number of carbonyl (C=O) groups excluding carboxylic acids is 1. The maximum atomic E-state index is 12.1. The van der Waals surface area contributed by atoms with Gasteiger partial charge in [-0.1, -0.05) is 13.8 Å². The van der Waals surface area contributed by atoms with Gasteiger partial charge >= 0.3 is 0 Å². The normalized spacial score (nSPS) is 16.7. The number of hydrogen-bond acceptors (Lipinski definition) is 2. The van der Waals surface area contributed by atoms with E-state index in [0.29, 0.717) is 24.5 Å². The van der Waals surface area contributed by atoms with Crippen molar-refractivity contribution >= 4 is 5.91 Å². The molecule has 0 radical (unpaired) electrons. The van der Waals surface area contributed by atoms with Crippen LogP contribution in [0.1, 0.15) is 38.3 Å². The molecule has 1 atom stereocenters. The molecule has 0 aliphatic heterocycles. The van der Waals surface area contributed by atoms with E-state index in [1.54, 1.807) is 0 Å². The maximum absolute atomic E-state index is 12.1. The fourth-order valence-corrected chi connectivity index (χ4v) is 2.56. The van der Waals surface area contributed by atoms with Crippen LogP contribution in [0.5, 0.6) is 0 Å². The molecule has 1 aromatic heterocycles. The minimum absolute atomic E-state index is 0.204. The Morgan fingerprint density at radius 1 is 1.53 bits per heavy atom. The van der Waals surface area contributed by atoms with E-state index < -0.39 is 0 Å². The Balaban J connectivity index is 1.98. The third kappa shape index (κ3) is 3.38. The highest BCUT2D eigenvalue weighted by atomic mass is 16.2. The summed E-state index contributed by atoms with van der Waals surface area (Å²) in [6.45, 7) is 4.84. The summed E-state index contributed by atoms with van der Waals surface area (Å²) in [5.41, 5.74) is 1.25. The SMILES string of the molecule is CNC(c1ccn(CC(=O)N(C)C2CC2)c1)C(C)C. The van der Waals surface area contributed by atoms with Gasteiger partial charge in [0.15, 0.2) is 0 Å². The molecule has 0 saturated heterocycles. The van der Waals surface area contributed by atoms with Crippen LogP contribution in [-0.2, 0) is 11.3 Å². The molecule has 0 aromatic carbocycles. The summed E-state index contributed by atoms with van der Waals surface area (Å²) in [6.07, 6.45) is 6.41. The third-order valence-corrected chi connectivity index (χ3v) is 3.92. The molecule has 1 aromatic rings. The van der Waals surface area contributed by atoms with E-state index in [0.717, 1.165) is 12.8 Å². The molecule has 1 heterocycles. The van der Waals surface area contributed by atoms with E-state index in [1.165, 1.54) is 5.56 Å². The van der Waals surface area contributed by atoms with Crippen molar-refractivity contribution in [2.45, 2.75) is 45.3 Å². The van der Waals surface area contributed by atoms with E-state index in [-0.39, 0.29) is 5.91 Å². The van der Waals surface area contributed by atoms with E-state index >= 15 is 0 Å². The number of carbonyl (C=O) groups is 1. The summed E-state index contributed by atoms with van der Waals surface area (Å²) in [5, 5.41) is 3.33. The zero-order chi connectivity index (χ0) is 14.0. The summed E-state index contributed by atoms with van der Waals surface area (Å²) in [5.74, 6) is 0.737. The van der Waals surface area contributed by atoms with Crippen molar-refractivity contribution in [2.24, 2.45) is 5.92 Å². The van der Waals surface area contributed by atoms with Gasteiger partial charge in [-0.05, 0) is 37.4 Å². The lowest BCUT2D eigenvalue weighted by Gasteiger charge is -2.19. The van der Waals surface area contributed by atoms with E-state index in [2.05, 4.69) is 31.4 Å². The summed E-state index contributed by atoms with van der Waals surface area (Å²) in [6, 6.07) is 2.94. The molecular weight excluding hydrogens is 238 g/mol. The van der Waals surface area contributed by atoms with Gasteiger partial charge in [-0.15, -0.1) is 0 Å². The van der Waals surface area contributed by atoms with Crippen LogP contribution < -0.4 is 5.32 Å². The monoisotopic (exact) mass is 263 g/mol. The Morgan fingerprint density at radius 2 is 2.21 bits per heavy atom. The molecule has 0 spiro atoms. The van der Waals surface area contributed by atoms with Gasteiger partial charge in [-0.2, -0.15) is 0 Å². The number of hydrogen-bond donors (Lipinski definition) is 1. The van der Waals surface area contributed by atoms with Crippen molar-refractivity contribution in [2.75, 3.05) is 14.1 Å². The van der Waals surface area contributed by atoms with Crippen LogP contribution in [0.4, 0.5) is 0 Å². The second kappa shape index (κ2) is 5.78. The van der Waals surface area contributed by atoms with Crippen molar-refractivity contribution in [1.82, 2.24) is 14.8 Å². The van der Waals surface area contributed by atoms with Gasteiger partial charge in [0.2, 0.25) is 5.91 Å². The first-order valence-electron chi connectivity index (χ1n) is 7.11. The van der Waals surface area contributed by atoms with Gasteiger partial charge in [-0.3, -0.25) is 4.79 Å². The molecule has 1 aliphatic rings. The lowest BCUT2D eigenvalue weighted by atomic mass is 9.99. The van der Waals surface area contributed by atoms with Crippen LogP contribution in [0.25, 0.3) is 0 Å². The minimum atomic E-state index is 0.204. The van der Waals surface area contributed by atoms with Gasteiger partial charge < -0.3 is 14.8 Å². The Labute approximate surface area is 115 Å². The first-order valence-corrected chi connectivity index (χ1v) is 7.11. The lowest BCUT2D eigenvalue weighted by Crippen LogP contribution is -2.31.